The van der Waals surface area contributed by atoms with E-state index in [2.05, 4.69) is 16.5 Å². The quantitative estimate of drug-likeness (QED) is 0.902. The fourth-order valence-corrected chi connectivity index (χ4v) is 2.40. The molecule has 0 saturated heterocycles. The Morgan fingerprint density at radius 3 is 2.94 bits per heavy atom. The standard InChI is InChI=1S/C14H18FN3/c1-9(8-16)6-14-17-12-5-2-10(15)7-13(12)18(14)11-3-4-11/h2,5,7,9,11H,3-4,6,8,16H2,1H3. The van der Waals surface area contributed by atoms with E-state index in [1.807, 2.05) is 0 Å². The zero-order valence-corrected chi connectivity index (χ0v) is 10.6. The van der Waals surface area contributed by atoms with Gasteiger partial charge in [0.05, 0.1) is 11.0 Å². The maximum absolute atomic E-state index is 13.4. The summed E-state index contributed by atoms with van der Waals surface area (Å²) in [4.78, 5) is 4.64. The van der Waals surface area contributed by atoms with Crippen molar-refractivity contribution in [1.29, 1.82) is 0 Å². The predicted molar refractivity (Wildman–Crippen MR) is 69.9 cm³/mol. The van der Waals surface area contributed by atoms with Crippen LogP contribution in [0.3, 0.4) is 0 Å². The summed E-state index contributed by atoms with van der Waals surface area (Å²) in [5.74, 6) is 1.27. The maximum Gasteiger partial charge on any atom is 0.125 e. The molecular formula is C14H18FN3. The Hall–Kier alpha value is -1.42. The molecule has 0 amide bonds. The second kappa shape index (κ2) is 4.35. The van der Waals surface area contributed by atoms with Crippen molar-refractivity contribution >= 4 is 11.0 Å². The van der Waals surface area contributed by atoms with Gasteiger partial charge in [-0.05, 0) is 43.5 Å². The first-order valence-corrected chi connectivity index (χ1v) is 6.55. The number of rotatable bonds is 4. The molecule has 1 aromatic heterocycles. The fourth-order valence-electron chi connectivity index (χ4n) is 2.40. The Labute approximate surface area is 106 Å². The number of hydrogen-bond acceptors (Lipinski definition) is 2. The third kappa shape index (κ3) is 2.01. The molecule has 1 heterocycles. The van der Waals surface area contributed by atoms with Crippen LogP contribution in [0.5, 0.6) is 0 Å². The van der Waals surface area contributed by atoms with Crippen molar-refractivity contribution in [2.75, 3.05) is 6.54 Å². The molecule has 96 valence electrons. The number of halogens is 1. The number of nitrogens with two attached hydrogens (primary N) is 1. The lowest BCUT2D eigenvalue weighted by Crippen LogP contribution is -2.15. The number of fused-ring (bicyclic) bond motifs is 1. The van der Waals surface area contributed by atoms with Crippen molar-refractivity contribution in [3.8, 4) is 0 Å². The summed E-state index contributed by atoms with van der Waals surface area (Å²) in [6, 6.07) is 5.34. The maximum atomic E-state index is 13.4. The third-order valence-corrected chi connectivity index (χ3v) is 3.57. The highest BCUT2D eigenvalue weighted by Crippen LogP contribution is 2.39. The average Bonchev–Trinajstić information content (AvgIpc) is 3.12. The van der Waals surface area contributed by atoms with Gasteiger partial charge in [0, 0.05) is 12.5 Å². The molecule has 2 N–H and O–H groups in total. The highest BCUT2D eigenvalue weighted by atomic mass is 19.1. The number of aromatic nitrogens is 2. The van der Waals surface area contributed by atoms with Gasteiger partial charge in [-0.1, -0.05) is 6.92 Å². The second-order valence-corrected chi connectivity index (χ2v) is 5.31. The third-order valence-electron chi connectivity index (χ3n) is 3.57. The zero-order valence-electron chi connectivity index (χ0n) is 10.6. The van der Waals surface area contributed by atoms with Gasteiger partial charge in [0.25, 0.3) is 0 Å². The summed E-state index contributed by atoms with van der Waals surface area (Å²) in [6.07, 6.45) is 3.21. The number of nitrogens with zero attached hydrogens (tertiary/aromatic N) is 2. The largest absolute Gasteiger partial charge is 0.330 e. The van der Waals surface area contributed by atoms with Crippen LogP contribution in [0, 0.1) is 11.7 Å². The van der Waals surface area contributed by atoms with Crippen LogP contribution in [-0.2, 0) is 6.42 Å². The van der Waals surface area contributed by atoms with E-state index in [9.17, 15) is 4.39 Å². The van der Waals surface area contributed by atoms with Crippen molar-refractivity contribution in [1.82, 2.24) is 9.55 Å². The fraction of sp³-hybridized carbons (Fsp3) is 0.500. The summed E-state index contributed by atoms with van der Waals surface area (Å²) < 4.78 is 15.6. The van der Waals surface area contributed by atoms with Crippen molar-refractivity contribution in [2.45, 2.75) is 32.2 Å². The SMILES string of the molecule is CC(CN)Cc1nc2ccc(F)cc2n1C1CC1. The lowest BCUT2D eigenvalue weighted by atomic mass is 10.1. The van der Waals surface area contributed by atoms with Crippen LogP contribution in [0.25, 0.3) is 11.0 Å². The lowest BCUT2D eigenvalue weighted by Gasteiger charge is -2.11. The minimum Gasteiger partial charge on any atom is -0.330 e. The highest BCUT2D eigenvalue weighted by Gasteiger charge is 2.28. The van der Waals surface area contributed by atoms with Crippen molar-refractivity contribution in [3.05, 3.63) is 29.8 Å². The van der Waals surface area contributed by atoms with Gasteiger partial charge in [0.15, 0.2) is 0 Å². The predicted octanol–water partition coefficient (Wildman–Crippen LogP) is 2.65. The van der Waals surface area contributed by atoms with E-state index in [1.165, 1.54) is 18.9 Å². The summed E-state index contributed by atoms with van der Waals surface area (Å²) in [7, 11) is 0. The van der Waals surface area contributed by atoms with E-state index >= 15 is 0 Å². The molecule has 18 heavy (non-hydrogen) atoms. The van der Waals surface area contributed by atoms with Crippen LogP contribution >= 0.6 is 0 Å². The molecule has 1 fully saturated rings. The van der Waals surface area contributed by atoms with Gasteiger partial charge in [0.2, 0.25) is 0 Å². The second-order valence-electron chi connectivity index (χ2n) is 5.31. The molecular weight excluding hydrogens is 229 g/mol. The number of benzene rings is 1. The van der Waals surface area contributed by atoms with Gasteiger partial charge in [-0.2, -0.15) is 0 Å². The van der Waals surface area contributed by atoms with Crippen LogP contribution in [0.4, 0.5) is 4.39 Å². The van der Waals surface area contributed by atoms with Gasteiger partial charge in [-0.25, -0.2) is 9.37 Å². The Kier molecular flexibility index (Phi) is 2.82. The molecule has 0 aliphatic heterocycles. The summed E-state index contributed by atoms with van der Waals surface area (Å²) in [5.41, 5.74) is 7.50. The van der Waals surface area contributed by atoms with Crippen LogP contribution in [0.15, 0.2) is 18.2 Å². The molecule has 3 nitrogen and oxygen atoms in total. The van der Waals surface area contributed by atoms with E-state index in [4.69, 9.17) is 5.73 Å². The molecule has 0 radical (unpaired) electrons. The van der Waals surface area contributed by atoms with Gasteiger partial charge in [-0.15, -0.1) is 0 Å². The number of hydrogen-bond donors (Lipinski definition) is 1. The van der Waals surface area contributed by atoms with Gasteiger partial charge in [0.1, 0.15) is 11.6 Å². The van der Waals surface area contributed by atoms with Gasteiger partial charge >= 0.3 is 0 Å². The number of imidazole rings is 1. The average molecular weight is 247 g/mol. The molecule has 1 aliphatic carbocycles. The van der Waals surface area contributed by atoms with Crippen molar-refractivity contribution < 1.29 is 4.39 Å². The van der Waals surface area contributed by atoms with Crippen LogP contribution in [0.2, 0.25) is 0 Å². The van der Waals surface area contributed by atoms with Gasteiger partial charge in [-0.3, -0.25) is 0 Å². The monoisotopic (exact) mass is 247 g/mol. The molecule has 1 unspecified atom stereocenters. The minimum atomic E-state index is -0.192. The molecule has 1 aliphatic rings. The van der Waals surface area contributed by atoms with E-state index in [-0.39, 0.29) is 5.82 Å². The highest BCUT2D eigenvalue weighted by molar-refractivity contribution is 5.76. The smallest absolute Gasteiger partial charge is 0.125 e. The van der Waals surface area contributed by atoms with E-state index < -0.39 is 0 Å². The molecule has 4 heteroatoms. The molecule has 2 aromatic rings. The molecule has 0 spiro atoms. The van der Waals surface area contributed by atoms with E-state index in [0.717, 1.165) is 23.3 Å². The zero-order chi connectivity index (χ0) is 12.7. The van der Waals surface area contributed by atoms with E-state index in [1.54, 1.807) is 12.1 Å². The Morgan fingerprint density at radius 1 is 1.50 bits per heavy atom. The summed E-state index contributed by atoms with van der Waals surface area (Å²) >= 11 is 0. The topological polar surface area (TPSA) is 43.8 Å². The minimum absolute atomic E-state index is 0.192. The van der Waals surface area contributed by atoms with Crippen LogP contribution < -0.4 is 5.73 Å². The van der Waals surface area contributed by atoms with Crippen LogP contribution in [0.1, 0.15) is 31.6 Å². The Morgan fingerprint density at radius 2 is 2.28 bits per heavy atom. The molecule has 1 atom stereocenters. The molecule has 0 bridgehead atoms. The van der Waals surface area contributed by atoms with Crippen molar-refractivity contribution in [2.24, 2.45) is 11.7 Å². The van der Waals surface area contributed by atoms with Crippen molar-refractivity contribution in [3.63, 3.8) is 0 Å². The molecule has 1 aromatic carbocycles. The van der Waals surface area contributed by atoms with Gasteiger partial charge < -0.3 is 10.3 Å². The molecule has 3 rings (SSSR count). The first kappa shape index (κ1) is 11.7. The van der Waals surface area contributed by atoms with Crippen LogP contribution in [-0.4, -0.2) is 16.1 Å². The lowest BCUT2D eigenvalue weighted by molar-refractivity contribution is 0.550. The first-order chi connectivity index (χ1) is 8.69. The Bertz CT molecular complexity index is 572. The normalized spacial score (nSPS) is 17.3. The first-order valence-electron chi connectivity index (χ1n) is 6.55. The van der Waals surface area contributed by atoms with E-state index in [0.29, 0.717) is 18.5 Å². The summed E-state index contributed by atoms with van der Waals surface area (Å²) in [5, 5.41) is 0. The Balaban J connectivity index is 2.09. The summed E-state index contributed by atoms with van der Waals surface area (Å²) in [6.45, 7) is 2.78. The molecule has 1 saturated carbocycles.